The molecule has 0 amide bonds. The third kappa shape index (κ3) is 0.192. The Bertz CT molecular complexity index is 1430. The van der Waals surface area contributed by atoms with Crippen molar-refractivity contribution in [2.75, 3.05) is 0 Å². The van der Waals surface area contributed by atoms with Gasteiger partial charge in [-0.2, -0.15) is 0 Å². The second kappa shape index (κ2) is 1.34. The first-order chi connectivity index (χ1) is 12.5. The van der Waals surface area contributed by atoms with Crippen molar-refractivity contribution < 1.29 is 7.72 Å². The zero-order valence-electron chi connectivity index (χ0n) is 15.1. The van der Waals surface area contributed by atoms with E-state index in [9.17, 15) is 0 Å². The van der Waals surface area contributed by atoms with E-state index in [1.165, 1.54) is 40.6 Å². The molecule has 0 bridgehead atoms. The molecule has 0 N–H and O–H groups in total. The molecule has 2 aromatic carbocycles. The number of hydrogen-bond acceptors (Lipinski definition) is 0. The third-order valence-corrected chi connectivity index (χ3v) is 93.6. The first-order valence-corrected chi connectivity index (χ1v) is 21.8. The van der Waals surface area contributed by atoms with Crippen molar-refractivity contribution in [1.82, 2.24) is 0 Å². The maximum atomic E-state index is 2.56. The summed E-state index contributed by atoms with van der Waals surface area (Å²) in [5.41, 5.74) is 3.20. The van der Waals surface area contributed by atoms with Gasteiger partial charge in [0, 0.05) is 0 Å². The molecular weight excluding hydrogens is 420 g/mol. The fourth-order valence-corrected chi connectivity index (χ4v) is 172. The molecule has 0 aromatic heterocycles. The molecular formula is C24H23PRu. The Labute approximate surface area is 143 Å². The van der Waals surface area contributed by atoms with Crippen LogP contribution in [0.3, 0.4) is 0 Å². The minimum atomic E-state index is -3.41. The third-order valence-electron chi connectivity index (χ3n) is 17.7. The van der Waals surface area contributed by atoms with Crippen molar-refractivity contribution >= 4 is 18.5 Å². The molecule has 10 saturated heterocycles. The van der Waals surface area contributed by atoms with Gasteiger partial charge in [-0.25, -0.2) is 0 Å². The summed E-state index contributed by atoms with van der Waals surface area (Å²) in [7, 11) is -3.51. The Morgan fingerprint density at radius 3 is 1.38 bits per heavy atom. The molecule has 10 fully saturated rings. The van der Waals surface area contributed by atoms with Crippen LogP contribution < -0.4 is 10.6 Å². The van der Waals surface area contributed by atoms with Gasteiger partial charge in [0.1, 0.15) is 0 Å². The van der Waals surface area contributed by atoms with E-state index in [2.05, 4.69) is 62.4 Å². The molecule has 132 valence electrons. The maximum absolute atomic E-state index is 3.41. The molecule has 0 aliphatic carbocycles. The summed E-state index contributed by atoms with van der Waals surface area (Å²) in [6.07, 6.45) is 0. The van der Waals surface area contributed by atoms with E-state index < -0.39 is 7.72 Å². The van der Waals surface area contributed by atoms with E-state index in [-0.39, 0.29) is 7.92 Å². The first-order valence-electron chi connectivity index (χ1n) is 10.6. The molecule has 26 heavy (non-hydrogen) atoms. The molecule has 12 rings (SSSR count). The number of hydrogen-bond donors (Lipinski definition) is 0. The van der Waals surface area contributed by atoms with Gasteiger partial charge >= 0.3 is 144 Å². The van der Waals surface area contributed by atoms with Crippen molar-refractivity contribution in [2.24, 2.45) is 0 Å². The van der Waals surface area contributed by atoms with Crippen molar-refractivity contribution in [2.45, 2.75) is 58.2 Å². The molecule has 4 atom stereocenters. The molecule has 10 aliphatic heterocycles. The van der Waals surface area contributed by atoms with E-state index >= 15 is 0 Å². The van der Waals surface area contributed by atoms with Crippen LogP contribution in [-0.4, -0.2) is 3.75 Å². The monoisotopic (exact) mass is 444 g/mol. The van der Waals surface area contributed by atoms with Gasteiger partial charge in [-0.05, 0) is 0 Å². The van der Waals surface area contributed by atoms with Gasteiger partial charge < -0.3 is 0 Å². The number of fused-ring (bicyclic) bond motifs is 10. The van der Waals surface area contributed by atoms with Crippen LogP contribution in [0.1, 0.15) is 11.1 Å². The van der Waals surface area contributed by atoms with Crippen molar-refractivity contribution in [3.63, 3.8) is 0 Å². The Morgan fingerprint density at radius 2 is 1.08 bits per heavy atom. The molecule has 0 radical (unpaired) electrons. The Kier molecular flexibility index (Phi) is 0.591. The summed E-state index contributed by atoms with van der Waals surface area (Å²) >= 11 is 0. The van der Waals surface area contributed by atoms with Crippen molar-refractivity contribution in [1.29, 1.82) is 0 Å². The minimum absolute atomic E-state index is 0.102. The number of rotatable bonds is 3. The van der Waals surface area contributed by atoms with Gasteiger partial charge in [0.25, 0.3) is 0 Å². The predicted molar refractivity (Wildman–Crippen MR) is 105 cm³/mol. The fourth-order valence-electron chi connectivity index (χ4n) is 18.8. The molecule has 0 saturated carbocycles. The Morgan fingerprint density at radius 1 is 0.654 bits per heavy atom. The van der Waals surface area contributed by atoms with E-state index in [1.807, 2.05) is 0 Å². The number of benzene rings is 2. The molecule has 1 spiro atoms. The van der Waals surface area contributed by atoms with Crippen LogP contribution in [-0.2, 0) is 7.72 Å². The topological polar surface area (TPSA) is 0 Å². The molecule has 10 aliphatic rings. The van der Waals surface area contributed by atoms with Crippen LogP contribution in [0.15, 0.2) is 48.5 Å². The van der Waals surface area contributed by atoms with Crippen molar-refractivity contribution in [3.8, 4) is 0 Å². The fraction of sp³-hybridized carbons (Fsp3) is 0.500. The second-order valence-electron chi connectivity index (χ2n) is 13.5. The SMILES string of the molecule is Cc1ccccc1P(c1ccccc1C)[C]12[CH]3[CH]4[CH]5[CH]1[Ru]45321678[CH]2[CH]1[CH]6[CH]7[CH]28. The van der Waals surface area contributed by atoms with Crippen LogP contribution in [0.2, 0.25) is 40.6 Å². The standard InChI is InChI=1S/C19H18P.C5H5.Ru/c1-15-9-3-7-13-18(15)20(17-11-5-6-12-17)19-14-8-4-10-16(19)2;1-2-4-5-3-1;/h3-14H,1-2H3;1-5H;. The Balaban J connectivity index is 1.30. The van der Waals surface area contributed by atoms with Crippen LogP contribution in [0.25, 0.3) is 0 Å². The second-order valence-corrected chi connectivity index (χ2v) is 53.7. The van der Waals surface area contributed by atoms with E-state index in [0.29, 0.717) is 0 Å². The van der Waals surface area contributed by atoms with Gasteiger partial charge in [0.2, 0.25) is 0 Å². The van der Waals surface area contributed by atoms with Gasteiger partial charge in [-0.15, -0.1) is 0 Å². The zero-order valence-corrected chi connectivity index (χ0v) is 17.7. The summed E-state index contributed by atoms with van der Waals surface area (Å²) in [6, 6.07) is 19.2. The van der Waals surface area contributed by atoms with E-state index in [0.717, 1.165) is 3.75 Å². The van der Waals surface area contributed by atoms with Crippen LogP contribution >= 0.6 is 7.92 Å². The van der Waals surface area contributed by atoms with Crippen LogP contribution in [0, 0.1) is 13.8 Å². The van der Waals surface area contributed by atoms with Gasteiger partial charge in [0.15, 0.2) is 0 Å². The summed E-state index contributed by atoms with van der Waals surface area (Å²) < 4.78 is 13.9. The van der Waals surface area contributed by atoms with E-state index in [1.54, 1.807) is 21.7 Å². The first kappa shape index (κ1) is 11.5. The normalized spacial score (nSPS) is 82.0. The quantitative estimate of drug-likeness (QED) is 0.401. The van der Waals surface area contributed by atoms with E-state index in [4.69, 9.17) is 0 Å². The van der Waals surface area contributed by atoms with Gasteiger partial charge in [-0.1, -0.05) is 0 Å². The molecule has 2 aromatic rings. The average Bonchev–Trinajstić information content (AvgIpc) is 3.59. The van der Waals surface area contributed by atoms with Gasteiger partial charge in [0.05, 0.1) is 0 Å². The molecule has 4 unspecified atom stereocenters. The van der Waals surface area contributed by atoms with Crippen LogP contribution in [0.4, 0.5) is 0 Å². The molecule has 10 heterocycles. The van der Waals surface area contributed by atoms with Crippen LogP contribution in [0.5, 0.6) is 0 Å². The predicted octanol–water partition coefficient (Wildman–Crippen LogP) is 6.03. The zero-order chi connectivity index (χ0) is 16.6. The summed E-state index contributed by atoms with van der Waals surface area (Å²) in [5.74, 6) is 0. The van der Waals surface area contributed by atoms with Gasteiger partial charge in [-0.3, -0.25) is 0 Å². The number of aryl methyl sites for hydroxylation is 2. The average molecular weight is 443 g/mol. The summed E-state index contributed by atoms with van der Waals surface area (Å²) in [5, 5.41) is 3.60. The Hall–Kier alpha value is -0.507. The molecule has 0 nitrogen and oxygen atoms in total. The summed E-state index contributed by atoms with van der Waals surface area (Å²) in [4.78, 5) is 0. The molecule has 2 heteroatoms. The van der Waals surface area contributed by atoms with Crippen molar-refractivity contribution in [3.05, 3.63) is 59.7 Å². The summed E-state index contributed by atoms with van der Waals surface area (Å²) in [6.45, 7) is 4.82.